The lowest BCUT2D eigenvalue weighted by atomic mass is 10.5. The summed E-state index contributed by atoms with van der Waals surface area (Å²) in [5, 5.41) is 2.96. The van der Waals surface area contributed by atoms with Crippen molar-refractivity contribution in [3.05, 3.63) is 0 Å². The second-order valence-corrected chi connectivity index (χ2v) is 2.58. The van der Waals surface area contributed by atoms with E-state index >= 15 is 0 Å². The van der Waals surface area contributed by atoms with Crippen LogP contribution in [0, 0.1) is 0 Å². The van der Waals surface area contributed by atoms with Gasteiger partial charge in [0.2, 0.25) is 0 Å². The molecule has 0 aliphatic heterocycles. The molecular formula is C4H9NS2. The van der Waals surface area contributed by atoms with Gasteiger partial charge in [-0.05, 0) is 7.05 Å². The van der Waals surface area contributed by atoms with Crippen molar-refractivity contribution >= 4 is 29.0 Å². The standard InChI is InChI=1S/C4H9NS2/c1-5-3-2-4(6)7/h5H,2-3H2,1H3,(H,6,7). The Morgan fingerprint density at radius 1 is 1.86 bits per heavy atom. The fourth-order valence-electron chi connectivity index (χ4n) is 0.232. The van der Waals surface area contributed by atoms with Gasteiger partial charge in [-0.25, -0.2) is 0 Å². The highest BCUT2D eigenvalue weighted by atomic mass is 32.1. The molecule has 0 saturated heterocycles. The van der Waals surface area contributed by atoms with Crippen LogP contribution < -0.4 is 5.32 Å². The van der Waals surface area contributed by atoms with Crippen LogP contribution in [0.1, 0.15) is 6.42 Å². The molecule has 0 unspecified atom stereocenters. The molecule has 42 valence electrons. The van der Waals surface area contributed by atoms with E-state index in [-0.39, 0.29) is 0 Å². The van der Waals surface area contributed by atoms with Gasteiger partial charge in [-0.3, -0.25) is 0 Å². The average molecular weight is 135 g/mol. The van der Waals surface area contributed by atoms with Gasteiger partial charge in [0.25, 0.3) is 0 Å². The van der Waals surface area contributed by atoms with E-state index in [0.717, 1.165) is 17.2 Å². The van der Waals surface area contributed by atoms with Gasteiger partial charge in [0.15, 0.2) is 0 Å². The summed E-state index contributed by atoms with van der Waals surface area (Å²) in [6.45, 7) is 0.933. The molecule has 0 aliphatic carbocycles. The first kappa shape index (κ1) is 7.40. The summed E-state index contributed by atoms with van der Waals surface area (Å²) >= 11 is 8.61. The van der Waals surface area contributed by atoms with Crippen LogP contribution in [0.2, 0.25) is 0 Å². The number of thiol groups is 1. The van der Waals surface area contributed by atoms with Crippen molar-refractivity contribution in [2.45, 2.75) is 6.42 Å². The Balaban J connectivity index is 2.82. The number of nitrogens with one attached hydrogen (secondary N) is 1. The molecule has 1 nitrogen and oxygen atoms in total. The van der Waals surface area contributed by atoms with E-state index in [1.165, 1.54) is 0 Å². The molecule has 0 aromatic heterocycles. The van der Waals surface area contributed by atoms with Crippen LogP contribution in [0.5, 0.6) is 0 Å². The third-order valence-electron chi connectivity index (χ3n) is 0.589. The smallest absolute Gasteiger partial charge is 0.0460 e. The van der Waals surface area contributed by atoms with Crippen LogP contribution in [0.15, 0.2) is 0 Å². The topological polar surface area (TPSA) is 12.0 Å². The van der Waals surface area contributed by atoms with Gasteiger partial charge >= 0.3 is 0 Å². The molecule has 0 fully saturated rings. The van der Waals surface area contributed by atoms with Crippen molar-refractivity contribution in [1.29, 1.82) is 0 Å². The maximum Gasteiger partial charge on any atom is 0.0460 e. The van der Waals surface area contributed by atoms with Gasteiger partial charge in [0.05, 0.1) is 0 Å². The third-order valence-corrected chi connectivity index (χ3v) is 1.02. The maximum atomic E-state index is 4.69. The van der Waals surface area contributed by atoms with Gasteiger partial charge in [-0.2, -0.15) is 0 Å². The zero-order chi connectivity index (χ0) is 5.70. The lowest BCUT2D eigenvalue weighted by Crippen LogP contribution is -2.08. The molecule has 0 amide bonds. The second-order valence-electron chi connectivity index (χ2n) is 1.25. The Bertz CT molecular complexity index is 62.7. The summed E-state index contributed by atoms with van der Waals surface area (Å²) in [5.74, 6) is 0. The summed E-state index contributed by atoms with van der Waals surface area (Å²) < 4.78 is 0.773. The lowest BCUT2D eigenvalue weighted by molar-refractivity contribution is 0.832. The number of rotatable bonds is 3. The van der Waals surface area contributed by atoms with Crippen LogP contribution in [0.25, 0.3) is 0 Å². The molecule has 0 saturated carbocycles. The van der Waals surface area contributed by atoms with E-state index < -0.39 is 0 Å². The van der Waals surface area contributed by atoms with E-state index in [1.54, 1.807) is 0 Å². The fraction of sp³-hybridized carbons (Fsp3) is 0.750. The molecule has 0 atom stereocenters. The highest BCUT2D eigenvalue weighted by Gasteiger charge is 1.83. The molecule has 0 rings (SSSR count). The summed E-state index contributed by atoms with van der Waals surface area (Å²) in [6, 6.07) is 0. The Morgan fingerprint density at radius 2 is 2.43 bits per heavy atom. The number of hydrogen-bond acceptors (Lipinski definition) is 2. The minimum absolute atomic E-state index is 0.773. The van der Waals surface area contributed by atoms with Crippen LogP contribution in [-0.2, 0) is 0 Å². The maximum absolute atomic E-state index is 4.69. The van der Waals surface area contributed by atoms with Crippen molar-refractivity contribution in [3.63, 3.8) is 0 Å². The predicted molar refractivity (Wildman–Crippen MR) is 40.1 cm³/mol. The minimum atomic E-state index is 0.773. The molecule has 0 aromatic carbocycles. The number of hydrogen-bond donors (Lipinski definition) is 2. The SMILES string of the molecule is CNCCC(=S)S. The zero-order valence-electron chi connectivity index (χ0n) is 4.27. The molecule has 0 heterocycles. The zero-order valence-corrected chi connectivity index (χ0v) is 5.98. The van der Waals surface area contributed by atoms with Crippen LogP contribution in [0.4, 0.5) is 0 Å². The normalized spacial score (nSPS) is 8.86. The number of thiocarbonyl (C=S) groups is 1. The predicted octanol–water partition coefficient (Wildman–Crippen LogP) is 0.853. The fourth-order valence-corrected chi connectivity index (χ4v) is 0.446. The highest BCUT2D eigenvalue weighted by molar-refractivity contribution is 8.11. The van der Waals surface area contributed by atoms with Gasteiger partial charge in [-0.15, -0.1) is 12.6 Å². The largest absolute Gasteiger partial charge is 0.319 e. The van der Waals surface area contributed by atoms with Crippen LogP contribution in [0.3, 0.4) is 0 Å². The van der Waals surface area contributed by atoms with Gasteiger partial charge in [-0.1, -0.05) is 12.2 Å². The quantitative estimate of drug-likeness (QED) is 0.439. The third kappa shape index (κ3) is 6.40. The van der Waals surface area contributed by atoms with E-state index in [1.807, 2.05) is 7.05 Å². The highest BCUT2D eigenvalue weighted by Crippen LogP contribution is 1.87. The molecular weight excluding hydrogens is 126 g/mol. The van der Waals surface area contributed by atoms with Crippen molar-refractivity contribution in [1.82, 2.24) is 5.32 Å². The first-order valence-corrected chi connectivity index (χ1v) is 2.99. The summed E-state index contributed by atoms with van der Waals surface area (Å²) in [7, 11) is 1.89. The van der Waals surface area contributed by atoms with E-state index in [4.69, 9.17) is 0 Å². The van der Waals surface area contributed by atoms with E-state index in [2.05, 4.69) is 30.2 Å². The molecule has 7 heavy (non-hydrogen) atoms. The van der Waals surface area contributed by atoms with E-state index in [0.29, 0.717) is 0 Å². The summed E-state index contributed by atoms with van der Waals surface area (Å²) in [5.41, 5.74) is 0. The Morgan fingerprint density at radius 3 is 2.57 bits per heavy atom. The van der Waals surface area contributed by atoms with Gasteiger partial charge < -0.3 is 5.32 Å². The van der Waals surface area contributed by atoms with E-state index in [9.17, 15) is 0 Å². The van der Waals surface area contributed by atoms with Crippen LogP contribution >= 0.6 is 24.8 Å². The molecule has 0 aliphatic rings. The minimum Gasteiger partial charge on any atom is -0.319 e. The second kappa shape index (κ2) is 4.56. The van der Waals surface area contributed by atoms with Gasteiger partial charge in [0, 0.05) is 17.2 Å². The Hall–Kier alpha value is 0.400. The summed E-state index contributed by atoms with van der Waals surface area (Å²) in [6.07, 6.45) is 0.884. The van der Waals surface area contributed by atoms with Crippen molar-refractivity contribution in [2.75, 3.05) is 13.6 Å². The molecule has 0 bridgehead atoms. The average Bonchev–Trinajstić information content (AvgIpc) is 1.61. The first-order valence-electron chi connectivity index (χ1n) is 2.13. The lowest BCUT2D eigenvalue weighted by Gasteiger charge is -1.91. The van der Waals surface area contributed by atoms with Gasteiger partial charge in [0.1, 0.15) is 0 Å². The Kier molecular flexibility index (Phi) is 4.82. The van der Waals surface area contributed by atoms with Crippen molar-refractivity contribution < 1.29 is 0 Å². The van der Waals surface area contributed by atoms with Crippen molar-refractivity contribution in [3.8, 4) is 0 Å². The molecule has 0 aromatic rings. The van der Waals surface area contributed by atoms with Crippen LogP contribution in [-0.4, -0.2) is 17.8 Å². The first-order chi connectivity index (χ1) is 3.27. The molecule has 0 spiro atoms. The molecule has 0 radical (unpaired) electrons. The van der Waals surface area contributed by atoms with Crippen molar-refractivity contribution in [2.24, 2.45) is 0 Å². The Labute approximate surface area is 54.9 Å². The monoisotopic (exact) mass is 135 g/mol. The molecule has 1 N–H and O–H groups in total. The molecule has 3 heteroatoms. The summed E-state index contributed by atoms with van der Waals surface area (Å²) in [4.78, 5) is 0.